The van der Waals surface area contributed by atoms with Crippen molar-refractivity contribution in [3.05, 3.63) is 157 Å². The number of allylic oxidation sites excluding steroid dienone is 3. The highest BCUT2D eigenvalue weighted by Gasteiger charge is 2.26. The van der Waals surface area contributed by atoms with Gasteiger partial charge in [-0.05, 0) is 86.6 Å². The fourth-order valence-corrected chi connectivity index (χ4v) is 8.47. The van der Waals surface area contributed by atoms with Crippen molar-refractivity contribution < 1.29 is 4.74 Å². The first-order valence-electron chi connectivity index (χ1n) is 17.2. The maximum Gasteiger partial charge on any atom is 0.235 e. The van der Waals surface area contributed by atoms with Crippen molar-refractivity contribution >= 4 is 77.0 Å². The number of aromatic nitrogens is 3. The minimum absolute atomic E-state index is 0.651. The summed E-state index contributed by atoms with van der Waals surface area (Å²) in [4.78, 5) is 10.7. The third kappa shape index (κ3) is 3.81. The second kappa shape index (κ2) is 10.5. The summed E-state index contributed by atoms with van der Waals surface area (Å²) < 4.78 is 8.67. The van der Waals surface area contributed by atoms with E-state index in [0.717, 1.165) is 51.8 Å². The third-order valence-corrected chi connectivity index (χ3v) is 10.5. The van der Waals surface area contributed by atoms with E-state index in [1.807, 2.05) is 18.2 Å². The van der Waals surface area contributed by atoms with Crippen molar-refractivity contribution in [2.24, 2.45) is 0 Å². The van der Waals surface area contributed by atoms with Gasteiger partial charge in [0.1, 0.15) is 5.75 Å². The molecule has 7 aromatic carbocycles. The van der Waals surface area contributed by atoms with Crippen LogP contribution in [0.4, 0.5) is 0 Å². The number of hydrogen-bond acceptors (Lipinski definition) is 3. The zero-order chi connectivity index (χ0) is 32.8. The highest BCUT2D eigenvalue weighted by molar-refractivity contribution is 6.37. The predicted octanol–water partition coefficient (Wildman–Crippen LogP) is 11.7. The van der Waals surface area contributed by atoms with Crippen LogP contribution in [0.15, 0.2) is 140 Å². The molecule has 0 saturated carbocycles. The maximum atomic E-state index is 6.34. The Hall–Kier alpha value is -6.52. The molecular formula is C46H29N3O. The van der Waals surface area contributed by atoms with Gasteiger partial charge in [-0.25, -0.2) is 9.97 Å². The Bertz CT molecular complexity index is 3020. The molecule has 1 aliphatic heterocycles. The molecule has 2 bridgehead atoms. The smallest absolute Gasteiger partial charge is 0.235 e. The molecule has 1 aliphatic carbocycles. The monoisotopic (exact) mass is 639 g/mol. The van der Waals surface area contributed by atoms with E-state index in [4.69, 9.17) is 14.7 Å². The average molecular weight is 640 g/mol. The first kappa shape index (κ1) is 27.4. The Kier molecular flexibility index (Phi) is 5.75. The largest absolute Gasteiger partial charge is 0.464 e. The fourth-order valence-electron chi connectivity index (χ4n) is 8.47. The Morgan fingerprint density at radius 1 is 0.600 bits per heavy atom. The molecule has 0 atom stereocenters. The molecular weight excluding hydrogens is 611 g/mol. The van der Waals surface area contributed by atoms with Gasteiger partial charge in [0.25, 0.3) is 0 Å². The zero-order valence-corrected chi connectivity index (χ0v) is 27.1. The SMILES string of the molecule is C1=Cc2cc(nc(-n3c4ccccc4c4c5c6ccccc6c6ccccc6c5c5c(c43)CCC=C5)n2)-c2ccc3ccccc3c2O/C=C/1. The van der Waals surface area contributed by atoms with Crippen LogP contribution in [0, 0.1) is 0 Å². The number of ether oxygens (including phenoxy) is 1. The van der Waals surface area contributed by atoms with Crippen molar-refractivity contribution in [3.63, 3.8) is 0 Å². The van der Waals surface area contributed by atoms with Crippen LogP contribution in [0.1, 0.15) is 23.2 Å². The number of para-hydroxylation sites is 1. The number of aryl methyl sites for hydroxylation is 1. The molecule has 2 aliphatic rings. The van der Waals surface area contributed by atoms with E-state index < -0.39 is 0 Å². The average Bonchev–Trinajstić information content (AvgIpc) is 3.53. The molecule has 0 saturated heterocycles. The fraction of sp³-hybridized carbons (Fsp3) is 0.0435. The van der Waals surface area contributed by atoms with Crippen LogP contribution < -0.4 is 4.74 Å². The second-order valence-corrected chi connectivity index (χ2v) is 13.2. The lowest BCUT2D eigenvalue weighted by Gasteiger charge is -2.21. The van der Waals surface area contributed by atoms with Gasteiger partial charge in [-0.1, -0.05) is 115 Å². The normalized spacial score (nSPS) is 14.4. The summed E-state index contributed by atoms with van der Waals surface area (Å²) in [6, 6.07) is 41.2. The van der Waals surface area contributed by atoms with Crippen molar-refractivity contribution in [2.45, 2.75) is 12.8 Å². The highest BCUT2D eigenvalue weighted by Crippen LogP contribution is 2.48. The van der Waals surface area contributed by atoms with Crippen LogP contribution in [0.2, 0.25) is 0 Å². The number of fused-ring (bicyclic) bond motifs is 19. The van der Waals surface area contributed by atoms with E-state index in [2.05, 4.69) is 132 Å². The number of hydrogen-bond donors (Lipinski definition) is 0. The molecule has 4 nitrogen and oxygen atoms in total. The minimum Gasteiger partial charge on any atom is -0.464 e. The molecule has 0 unspecified atom stereocenters. The lowest BCUT2D eigenvalue weighted by molar-refractivity contribution is 0.488. The van der Waals surface area contributed by atoms with Gasteiger partial charge in [-0.3, -0.25) is 4.57 Å². The standard InChI is InChI=1S/C46H29N3O/c1-2-15-30-28(13-1)24-25-37-39-27-29(14-11-12-26-50-45(30)37)47-46(48-39)49-40-23-10-9-22-38(40)43-42-34-19-6-4-17-32(34)31-16-3-5-18-33(31)41(42)35-20-7-8-21-36(35)44(43)49/h1-7,9-20,22-27H,8,21H2/b14-11?,26-12+. The third-order valence-electron chi connectivity index (χ3n) is 10.5. The summed E-state index contributed by atoms with van der Waals surface area (Å²) >= 11 is 0. The zero-order valence-electron chi connectivity index (χ0n) is 27.1. The van der Waals surface area contributed by atoms with Crippen LogP contribution in [0.25, 0.3) is 94.3 Å². The summed E-state index contributed by atoms with van der Waals surface area (Å²) in [5, 5.41) is 12.4. The first-order valence-corrected chi connectivity index (χ1v) is 17.2. The minimum atomic E-state index is 0.651. The molecule has 2 aromatic heterocycles. The Morgan fingerprint density at radius 2 is 1.32 bits per heavy atom. The topological polar surface area (TPSA) is 39.9 Å². The Balaban J connectivity index is 1.33. The summed E-state index contributed by atoms with van der Waals surface area (Å²) in [6.07, 6.45) is 14.3. The van der Waals surface area contributed by atoms with E-state index in [-0.39, 0.29) is 0 Å². The molecule has 9 aromatic rings. The molecule has 0 radical (unpaired) electrons. The van der Waals surface area contributed by atoms with Crippen LogP contribution >= 0.6 is 0 Å². The molecule has 50 heavy (non-hydrogen) atoms. The first-order chi connectivity index (χ1) is 24.8. The van der Waals surface area contributed by atoms with Gasteiger partial charge >= 0.3 is 0 Å². The van der Waals surface area contributed by atoms with Gasteiger partial charge in [0, 0.05) is 27.1 Å². The van der Waals surface area contributed by atoms with Crippen LogP contribution in [0.5, 0.6) is 5.75 Å². The number of benzene rings is 7. The Morgan fingerprint density at radius 3 is 2.16 bits per heavy atom. The van der Waals surface area contributed by atoms with E-state index in [9.17, 15) is 0 Å². The van der Waals surface area contributed by atoms with Crippen molar-refractivity contribution in [1.82, 2.24) is 14.5 Å². The van der Waals surface area contributed by atoms with E-state index in [1.165, 1.54) is 59.7 Å². The number of nitrogens with zero attached hydrogens (tertiary/aromatic N) is 3. The Labute approximate surface area is 287 Å². The van der Waals surface area contributed by atoms with E-state index in [0.29, 0.717) is 5.95 Å². The van der Waals surface area contributed by atoms with Gasteiger partial charge in [0.2, 0.25) is 5.95 Å². The molecule has 4 heteroatoms. The summed E-state index contributed by atoms with van der Waals surface area (Å²) in [5.74, 6) is 1.44. The van der Waals surface area contributed by atoms with Crippen LogP contribution in [0.3, 0.4) is 0 Å². The molecule has 0 amide bonds. The molecule has 0 fully saturated rings. The van der Waals surface area contributed by atoms with Gasteiger partial charge in [0.05, 0.1) is 28.7 Å². The second-order valence-electron chi connectivity index (χ2n) is 13.2. The summed E-state index contributed by atoms with van der Waals surface area (Å²) in [6.45, 7) is 0. The van der Waals surface area contributed by atoms with Gasteiger partial charge in [-0.2, -0.15) is 0 Å². The van der Waals surface area contributed by atoms with Crippen LogP contribution in [-0.4, -0.2) is 14.5 Å². The maximum absolute atomic E-state index is 6.34. The quantitative estimate of drug-likeness (QED) is 0.168. The molecule has 3 heterocycles. The van der Waals surface area contributed by atoms with Crippen molar-refractivity contribution in [1.29, 1.82) is 0 Å². The summed E-state index contributed by atoms with van der Waals surface area (Å²) in [7, 11) is 0. The van der Waals surface area contributed by atoms with Gasteiger partial charge in [0.15, 0.2) is 0 Å². The van der Waals surface area contributed by atoms with Crippen molar-refractivity contribution in [2.75, 3.05) is 0 Å². The van der Waals surface area contributed by atoms with Crippen molar-refractivity contribution in [3.8, 4) is 23.0 Å². The lowest BCUT2D eigenvalue weighted by atomic mass is 9.84. The molecule has 0 spiro atoms. The number of rotatable bonds is 1. The highest BCUT2D eigenvalue weighted by atomic mass is 16.5. The lowest BCUT2D eigenvalue weighted by Crippen LogP contribution is -2.07. The van der Waals surface area contributed by atoms with Gasteiger partial charge in [-0.15, -0.1) is 0 Å². The van der Waals surface area contributed by atoms with E-state index in [1.54, 1.807) is 6.26 Å². The van der Waals surface area contributed by atoms with Crippen LogP contribution in [-0.2, 0) is 6.42 Å². The molecule has 234 valence electrons. The molecule has 11 rings (SSSR count). The predicted molar refractivity (Wildman–Crippen MR) is 208 cm³/mol. The summed E-state index contributed by atoms with van der Waals surface area (Å²) in [5.41, 5.74) is 7.52. The van der Waals surface area contributed by atoms with Gasteiger partial charge < -0.3 is 4.74 Å². The molecule has 0 N–H and O–H groups in total. The van der Waals surface area contributed by atoms with E-state index >= 15 is 0 Å².